The first kappa shape index (κ1) is 15.5. The molecule has 1 aliphatic carbocycles. The second-order valence-corrected chi connectivity index (χ2v) is 11.6. The van der Waals surface area contributed by atoms with Crippen molar-refractivity contribution in [3.05, 3.63) is 40.5 Å². The monoisotopic (exact) mass is 293 g/mol. The second kappa shape index (κ2) is 5.46. The first-order valence-corrected chi connectivity index (χ1v) is 10.4. The fraction of sp³-hybridized carbons (Fsp3) is 0.571. The first-order valence-electron chi connectivity index (χ1n) is 6.87. The van der Waals surface area contributed by atoms with Gasteiger partial charge in [-0.3, -0.25) is 10.1 Å². The molecule has 0 aromatic heterocycles. The number of aliphatic imine (C=N–C) groups is 1. The largest absolute Gasteiger partial charge is 0.478 e. The molecular formula is C14H21N2O3Si. The zero-order valence-electron chi connectivity index (χ0n) is 12.6. The molecule has 6 heteroatoms. The van der Waals surface area contributed by atoms with Crippen molar-refractivity contribution in [3.8, 4) is 0 Å². The zero-order valence-corrected chi connectivity index (χ0v) is 13.6. The van der Waals surface area contributed by atoms with E-state index in [1.165, 1.54) is 0 Å². The normalized spacial score (nSPS) is 26.1. The van der Waals surface area contributed by atoms with Gasteiger partial charge in [-0.2, -0.15) is 0 Å². The molecule has 0 bridgehead atoms. The van der Waals surface area contributed by atoms with E-state index in [1.54, 1.807) is 6.42 Å². The number of hydrogen-bond acceptors (Lipinski definition) is 4. The maximum absolute atomic E-state index is 11.2. The molecule has 1 aliphatic heterocycles. The molecule has 5 nitrogen and oxygen atoms in total. The van der Waals surface area contributed by atoms with Crippen LogP contribution in [0, 0.1) is 46.4 Å². The molecule has 1 atom stereocenters. The lowest BCUT2D eigenvalue weighted by Crippen LogP contribution is -2.38. The maximum Gasteiger partial charge on any atom is 0.311 e. The van der Waals surface area contributed by atoms with Gasteiger partial charge in [0.1, 0.15) is 12.5 Å². The molecule has 109 valence electrons. The Balaban J connectivity index is 2.28. The number of rotatable bonds is 4. The quantitative estimate of drug-likeness (QED) is 0.455. The molecule has 5 radical (unpaired) electrons. The minimum atomic E-state index is -1.68. The van der Waals surface area contributed by atoms with Gasteiger partial charge in [0.25, 0.3) is 0 Å². The van der Waals surface area contributed by atoms with Crippen molar-refractivity contribution >= 4 is 14.0 Å². The molecule has 1 saturated carbocycles. The summed E-state index contributed by atoms with van der Waals surface area (Å²) in [5.74, 6) is 1.44. The van der Waals surface area contributed by atoms with Gasteiger partial charge in [-0.1, -0.05) is 33.5 Å². The first-order chi connectivity index (χ1) is 9.21. The average molecular weight is 293 g/mol. The Morgan fingerprint density at radius 3 is 2.50 bits per heavy atom. The van der Waals surface area contributed by atoms with Crippen molar-refractivity contribution in [2.45, 2.75) is 39.5 Å². The molecule has 0 aromatic carbocycles. The lowest BCUT2D eigenvalue weighted by molar-refractivity contribution is -0.454. The predicted octanol–water partition coefficient (Wildman–Crippen LogP) is 2.70. The van der Waals surface area contributed by atoms with Gasteiger partial charge in [0.15, 0.2) is 5.90 Å². The molecule has 0 spiro atoms. The van der Waals surface area contributed by atoms with Gasteiger partial charge in [-0.15, -0.1) is 0 Å². The van der Waals surface area contributed by atoms with E-state index < -0.39 is 8.07 Å². The summed E-state index contributed by atoms with van der Waals surface area (Å²) in [6.45, 7) is 11.2. The minimum Gasteiger partial charge on any atom is -0.478 e. The van der Waals surface area contributed by atoms with E-state index in [0.29, 0.717) is 24.3 Å². The molecule has 2 rings (SSSR count). The Labute approximate surface area is 122 Å². The third-order valence-corrected chi connectivity index (χ3v) is 5.63. The van der Waals surface area contributed by atoms with Gasteiger partial charge >= 0.3 is 6.04 Å². The predicted molar refractivity (Wildman–Crippen MR) is 80.7 cm³/mol. The van der Waals surface area contributed by atoms with Crippen molar-refractivity contribution in [1.29, 1.82) is 0 Å². The van der Waals surface area contributed by atoms with Gasteiger partial charge in [0.05, 0.1) is 20.5 Å². The number of hydrogen-bond donors (Lipinski definition) is 0. The van der Waals surface area contributed by atoms with E-state index in [2.05, 4.69) is 38.5 Å². The second-order valence-electron chi connectivity index (χ2n) is 6.57. The average Bonchev–Trinajstić information content (AvgIpc) is 2.94. The van der Waals surface area contributed by atoms with Crippen LogP contribution in [0.25, 0.3) is 0 Å². The van der Waals surface area contributed by atoms with E-state index in [9.17, 15) is 10.1 Å². The molecule has 2 aliphatic rings. The summed E-state index contributed by atoms with van der Waals surface area (Å²) in [6, 6.07) is 0.208. The van der Waals surface area contributed by atoms with Crippen LogP contribution < -0.4 is 0 Å². The van der Waals surface area contributed by atoms with Gasteiger partial charge in [0.2, 0.25) is 0 Å². The molecule has 0 saturated heterocycles. The van der Waals surface area contributed by atoms with Crippen molar-refractivity contribution in [2.75, 3.05) is 6.61 Å². The summed E-state index contributed by atoms with van der Waals surface area (Å²) in [7, 11) is -1.68. The third kappa shape index (κ3) is 2.89. The van der Waals surface area contributed by atoms with Gasteiger partial charge in [0, 0.05) is 4.92 Å². The van der Waals surface area contributed by atoms with Crippen LogP contribution >= 0.6 is 0 Å². The Hall–Kier alpha value is -0.913. The number of nitrogens with zero attached hydrogens (tertiary/aromatic N) is 2. The van der Waals surface area contributed by atoms with Crippen LogP contribution in [0.4, 0.5) is 0 Å². The zero-order chi connectivity index (χ0) is 15.1. The van der Waals surface area contributed by atoms with Crippen LogP contribution in [-0.2, 0) is 4.74 Å². The standard InChI is InChI=1S/C14H21N2O3Si/c1-9(2)10-8-19-14(15-10)13-11(16(17)18)6-7-12(13)20(3,4)5/h6-7,9-10H,8H2,1-5H3/t10-/m0/s1. The maximum atomic E-state index is 11.2. The van der Waals surface area contributed by atoms with Gasteiger partial charge < -0.3 is 4.74 Å². The van der Waals surface area contributed by atoms with Gasteiger partial charge in [-0.05, 0) is 17.9 Å². The summed E-state index contributed by atoms with van der Waals surface area (Å²) >= 11 is 0. The molecular weight excluding hydrogens is 272 g/mol. The number of nitro groups is 1. The van der Waals surface area contributed by atoms with E-state index >= 15 is 0 Å². The minimum absolute atomic E-state index is 0.0917. The summed E-state index contributed by atoms with van der Waals surface area (Å²) < 4.78 is 5.67. The summed E-state index contributed by atoms with van der Waals surface area (Å²) in [5, 5.41) is 11.2. The lowest BCUT2D eigenvalue weighted by atomic mass is 10.0. The van der Waals surface area contributed by atoms with Crippen molar-refractivity contribution < 1.29 is 9.66 Å². The molecule has 1 heterocycles. The highest BCUT2D eigenvalue weighted by atomic mass is 28.3. The lowest BCUT2D eigenvalue weighted by Gasteiger charge is -2.28. The molecule has 0 amide bonds. The van der Waals surface area contributed by atoms with Crippen molar-refractivity contribution in [1.82, 2.24) is 0 Å². The van der Waals surface area contributed by atoms with Crippen LogP contribution in [0.2, 0.25) is 19.6 Å². The molecule has 0 N–H and O–H groups in total. The van der Waals surface area contributed by atoms with E-state index in [-0.39, 0.29) is 17.0 Å². The molecule has 1 fully saturated rings. The fourth-order valence-corrected chi connectivity index (χ4v) is 3.90. The smallest absolute Gasteiger partial charge is 0.311 e. The summed E-state index contributed by atoms with van der Waals surface area (Å²) in [4.78, 5) is 15.5. The Bertz CT molecular complexity index is 417. The highest BCUT2D eigenvalue weighted by Gasteiger charge is 2.56. The van der Waals surface area contributed by atoms with Crippen molar-refractivity contribution in [3.63, 3.8) is 0 Å². The molecule has 20 heavy (non-hydrogen) atoms. The Morgan fingerprint density at radius 2 is 2.05 bits per heavy atom. The van der Waals surface area contributed by atoms with Gasteiger partial charge in [-0.25, -0.2) is 4.99 Å². The molecule has 0 unspecified atom stereocenters. The number of ether oxygens (including phenoxy) is 1. The Kier molecular flexibility index (Phi) is 4.23. The SMILES string of the molecule is CC(C)[C@@H]1COC([C]2[C]([N+](=O)[O-])[CH][CH][C]2[Si](C)(C)C)=N1. The highest BCUT2D eigenvalue weighted by Crippen LogP contribution is 2.47. The van der Waals surface area contributed by atoms with Crippen LogP contribution in [-0.4, -0.2) is 31.5 Å². The fourth-order valence-electron chi connectivity index (χ4n) is 2.34. The highest BCUT2D eigenvalue weighted by molar-refractivity contribution is 6.83. The van der Waals surface area contributed by atoms with Crippen LogP contribution in [0.15, 0.2) is 4.99 Å². The summed E-state index contributed by atoms with van der Waals surface area (Å²) in [6.07, 6.45) is 3.45. The van der Waals surface area contributed by atoms with E-state index in [1.807, 2.05) is 6.42 Å². The van der Waals surface area contributed by atoms with Crippen LogP contribution in [0.3, 0.4) is 0 Å². The topological polar surface area (TPSA) is 64.7 Å². The van der Waals surface area contributed by atoms with Crippen LogP contribution in [0.5, 0.6) is 0 Å². The molecule has 0 aromatic rings. The Morgan fingerprint density at radius 1 is 1.40 bits per heavy atom. The van der Waals surface area contributed by atoms with Crippen LogP contribution in [0.1, 0.15) is 13.8 Å². The van der Waals surface area contributed by atoms with Crippen molar-refractivity contribution in [2.24, 2.45) is 10.9 Å². The summed E-state index contributed by atoms with van der Waals surface area (Å²) in [5.41, 5.74) is 1.05. The van der Waals surface area contributed by atoms with E-state index in [4.69, 9.17) is 4.74 Å². The van der Waals surface area contributed by atoms with E-state index in [0.717, 1.165) is 5.54 Å². The third-order valence-electron chi connectivity index (χ3n) is 3.60.